The van der Waals surface area contributed by atoms with Gasteiger partial charge < -0.3 is 19.8 Å². The van der Waals surface area contributed by atoms with Gasteiger partial charge in [0, 0.05) is 25.8 Å². The maximum Gasteiger partial charge on any atom is 0.234 e. The number of nitrogens with one attached hydrogen (secondary N) is 2. The first-order chi connectivity index (χ1) is 12.2. The number of piperidine rings is 1. The Balaban J connectivity index is 1.40. The van der Waals surface area contributed by atoms with Gasteiger partial charge in [0.15, 0.2) is 0 Å². The molecule has 2 saturated heterocycles. The van der Waals surface area contributed by atoms with Crippen molar-refractivity contribution in [3.05, 3.63) is 24.2 Å². The van der Waals surface area contributed by atoms with Crippen LogP contribution < -0.4 is 10.6 Å². The summed E-state index contributed by atoms with van der Waals surface area (Å²) in [6.45, 7) is 3.66. The molecule has 2 aliphatic heterocycles. The Morgan fingerprint density at radius 3 is 2.84 bits per heavy atom. The van der Waals surface area contributed by atoms with Gasteiger partial charge in [-0.1, -0.05) is 0 Å². The summed E-state index contributed by atoms with van der Waals surface area (Å²) in [5, 5.41) is 6.00. The molecule has 7 nitrogen and oxygen atoms in total. The van der Waals surface area contributed by atoms with Crippen molar-refractivity contribution in [1.29, 1.82) is 0 Å². The second kappa shape index (κ2) is 9.01. The molecule has 0 radical (unpaired) electrons. The SMILES string of the molecule is O=C(CN1CCCC(C(=O)NC2CCOCC2)C1)NCc1ccco1. The van der Waals surface area contributed by atoms with Crippen LogP contribution in [0.3, 0.4) is 0 Å². The molecular weight excluding hydrogens is 322 g/mol. The molecule has 0 spiro atoms. The van der Waals surface area contributed by atoms with Crippen LogP contribution in [0.2, 0.25) is 0 Å². The van der Waals surface area contributed by atoms with E-state index in [4.69, 9.17) is 9.15 Å². The average molecular weight is 349 g/mol. The fourth-order valence-electron chi connectivity index (χ4n) is 3.43. The first-order valence-corrected chi connectivity index (χ1v) is 9.10. The lowest BCUT2D eigenvalue weighted by Gasteiger charge is -2.33. The van der Waals surface area contributed by atoms with Crippen LogP contribution in [0.15, 0.2) is 22.8 Å². The molecular formula is C18H27N3O4. The maximum atomic E-state index is 12.5. The van der Waals surface area contributed by atoms with Crippen LogP contribution in [0.1, 0.15) is 31.4 Å². The van der Waals surface area contributed by atoms with Crippen molar-refractivity contribution in [3.8, 4) is 0 Å². The predicted molar refractivity (Wildman–Crippen MR) is 91.7 cm³/mol. The molecule has 0 aliphatic carbocycles. The van der Waals surface area contributed by atoms with Gasteiger partial charge in [-0.15, -0.1) is 0 Å². The highest BCUT2D eigenvalue weighted by Gasteiger charge is 2.28. The van der Waals surface area contributed by atoms with Gasteiger partial charge in [-0.25, -0.2) is 0 Å². The Morgan fingerprint density at radius 1 is 1.24 bits per heavy atom. The summed E-state index contributed by atoms with van der Waals surface area (Å²) in [6, 6.07) is 3.86. The summed E-state index contributed by atoms with van der Waals surface area (Å²) < 4.78 is 10.5. The smallest absolute Gasteiger partial charge is 0.234 e. The quantitative estimate of drug-likeness (QED) is 0.797. The van der Waals surface area contributed by atoms with Gasteiger partial charge in [0.2, 0.25) is 11.8 Å². The number of amides is 2. The van der Waals surface area contributed by atoms with Crippen LogP contribution in [0.4, 0.5) is 0 Å². The van der Waals surface area contributed by atoms with Crippen molar-refractivity contribution >= 4 is 11.8 Å². The van der Waals surface area contributed by atoms with Crippen molar-refractivity contribution in [2.24, 2.45) is 5.92 Å². The Hall–Kier alpha value is -1.86. The van der Waals surface area contributed by atoms with Gasteiger partial charge in [-0.05, 0) is 44.4 Å². The summed E-state index contributed by atoms with van der Waals surface area (Å²) in [7, 11) is 0. The number of carbonyl (C=O) groups excluding carboxylic acids is 2. The topological polar surface area (TPSA) is 83.8 Å². The number of nitrogens with zero attached hydrogens (tertiary/aromatic N) is 1. The molecule has 138 valence electrons. The molecule has 0 saturated carbocycles. The van der Waals surface area contributed by atoms with E-state index in [1.165, 1.54) is 0 Å². The largest absolute Gasteiger partial charge is 0.467 e. The second-order valence-electron chi connectivity index (χ2n) is 6.83. The van der Waals surface area contributed by atoms with Crippen LogP contribution >= 0.6 is 0 Å². The van der Waals surface area contributed by atoms with Crippen molar-refractivity contribution in [1.82, 2.24) is 15.5 Å². The standard InChI is InChI=1S/C18H27N3O4/c22-17(19-11-16-4-2-8-25-16)13-21-7-1-3-14(12-21)18(23)20-15-5-9-24-10-6-15/h2,4,8,14-15H,1,3,5-7,9-13H2,(H,19,22)(H,20,23). The van der Waals surface area contributed by atoms with Gasteiger partial charge in [0.05, 0.1) is 25.3 Å². The third-order valence-electron chi connectivity index (χ3n) is 4.85. The molecule has 3 heterocycles. The monoisotopic (exact) mass is 349 g/mol. The highest BCUT2D eigenvalue weighted by atomic mass is 16.5. The zero-order valence-corrected chi connectivity index (χ0v) is 14.5. The summed E-state index contributed by atoms with van der Waals surface area (Å²) in [5.74, 6) is 0.782. The molecule has 3 rings (SSSR count). The number of ether oxygens (including phenoxy) is 1. The molecule has 1 atom stereocenters. The van der Waals surface area contributed by atoms with Crippen molar-refractivity contribution in [3.63, 3.8) is 0 Å². The van der Waals surface area contributed by atoms with E-state index in [0.29, 0.717) is 19.6 Å². The number of furan rings is 1. The minimum Gasteiger partial charge on any atom is -0.467 e. The predicted octanol–water partition coefficient (Wildman–Crippen LogP) is 0.903. The Morgan fingerprint density at radius 2 is 2.08 bits per heavy atom. The van der Waals surface area contributed by atoms with Crippen molar-refractivity contribution in [2.75, 3.05) is 32.8 Å². The molecule has 2 N–H and O–H groups in total. The Bertz CT molecular complexity index is 555. The normalized spacial score (nSPS) is 22.5. The number of hydrogen-bond acceptors (Lipinski definition) is 5. The highest BCUT2D eigenvalue weighted by Crippen LogP contribution is 2.17. The molecule has 2 fully saturated rings. The fourth-order valence-corrected chi connectivity index (χ4v) is 3.43. The molecule has 1 unspecified atom stereocenters. The van der Waals surface area contributed by atoms with Crippen molar-refractivity contribution < 1.29 is 18.7 Å². The summed E-state index contributed by atoms with van der Waals surface area (Å²) in [5.41, 5.74) is 0. The number of likely N-dealkylation sites (tertiary alicyclic amines) is 1. The third kappa shape index (κ3) is 5.57. The van der Waals surface area contributed by atoms with Gasteiger partial charge >= 0.3 is 0 Å². The second-order valence-corrected chi connectivity index (χ2v) is 6.83. The number of hydrogen-bond donors (Lipinski definition) is 2. The molecule has 25 heavy (non-hydrogen) atoms. The average Bonchev–Trinajstić information content (AvgIpc) is 3.15. The van der Waals surface area contributed by atoms with Crippen LogP contribution in [0, 0.1) is 5.92 Å². The minimum atomic E-state index is -0.0399. The number of carbonyl (C=O) groups is 2. The lowest BCUT2D eigenvalue weighted by molar-refractivity contribution is -0.130. The lowest BCUT2D eigenvalue weighted by Crippen LogP contribution is -2.49. The zero-order valence-electron chi connectivity index (χ0n) is 14.5. The van der Waals surface area contributed by atoms with Gasteiger partial charge in [-0.3, -0.25) is 14.5 Å². The lowest BCUT2D eigenvalue weighted by atomic mass is 9.96. The zero-order chi connectivity index (χ0) is 17.5. The molecule has 0 bridgehead atoms. The third-order valence-corrected chi connectivity index (χ3v) is 4.85. The highest BCUT2D eigenvalue weighted by molar-refractivity contribution is 5.80. The minimum absolute atomic E-state index is 0.0329. The van der Waals surface area contributed by atoms with Crippen LogP contribution in [-0.2, 0) is 20.9 Å². The molecule has 2 amide bonds. The van der Waals surface area contributed by atoms with E-state index in [9.17, 15) is 9.59 Å². The van der Waals surface area contributed by atoms with Gasteiger partial charge in [0.1, 0.15) is 5.76 Å². The maximum absolute atomic E-state index is 12.5. The molecule has 0 aromatic carbocycles. The van der Waals surface area contributed by atoms with Gasteiger partial charge in [-0.2, -0.15) is 0 Å². The molecule has 1 aromatic heterocycles. The van der Waals surface area contributed by atoms with E-state index < -0.39 is 0 Å². The van der Waals surface area contributed by atoms with E-state index in [2.05, 4.69) is 15.5 Å². The van der Waals surface area contributed by atoms with E-state index >= 15 is 0 Å². The van der Waals surface area contributed by atoms with E-state index in [1.54, 1.807) is 12.3 Å². The van der Waals surface area contributed by atoms with Gasteiger partial charge in [0.25, 0.3) is 0 Å². The van der Waals surface area contributed by atoms with E-state index in [-0.39, 0.29) is 23.8 Å². The summed E-state index contributed by atoms with van der Waals surface area (Å²) in [4.78, 5) is 26.6. The van der Waals surface area contributed by atoms with Crippen LogP contribution in [0.25, 0.3) is 0 Å². The molecule has 7 heteroatoms. The fraction of sp³-hybridized carbons (Fsp3) is 0.667. The first kappa shape index (κ1) is 17.9. The van der Waals surface area contributed by atoms with E-state index in [1.807, 2.05) is 6.07 Å². The molecule has 2 aliphatic rings. The Kier molecular flexibility index (Phi) is 6.47. The van der Waals surface area contributed by atoms with E-state index in [0.717, 1.165) is 51.2 Å². The molecule has 1 aromatic rings. The Labute approximate surface area is 148 Å². The van der Waals surface area contributed by atoms with Crippen LogP contribution in [0.5, 0.6) is 0 Å². The number of rotatable bonds is 6. The summed E-state index contributed by atoms with van der Waals surface area (Å²) >= 11 is 0. The summed E-state index contributed by atoms with van der Waals surface area (Å²) in [6.07, 6.45) is 5.19. The first-order valence-electron chi connectivity index (χ1n) is 9.10. The van der Waals surface area contributed by atoms with Crippen LogP contribution in [-0.4, -0.2) is 55.6 Å². The van der Waals surface area contributed by atoms with Crippen molar-refractivity contribution in [2.45, 2.75) is 38.3 Å².